The van der Waals surface area contributed by atoms with E-state index in [1.54, 1.807) is 0 Å². The lowest BCUT2D eigenvalue weighted by atomic mass is 9.97. The molecule has 4 aromatic rings. The first-order valence-corrected chi connectivity index (χ1v) is 9.20. The Balaban J connectivity index is 1.63. The summed E-state index contributed by atoms with van der Waals surface area (Å²) in [6.45, 7) is 0.516. The predicted octanol–water partition coefficient (Wildman–Crippen LogP) is 6.48. The molecule has 4 aromatic carbocycles. The molecule has 4 rings (SSSR count). The Labute approximate surface area is 165 Å². The van der Waals surface area contributed by atoms with Crippen molar-refractivity contribution in [1.82, 2.24) is 0 Å². The fraction of sp³-hybridized carbons (Fsp3) is 0.0385. The number of nitrogens with zero attached hydrogens (tertiary/aromatic N) is 1. The molecule has 0 aromatic heterocycles. The highest BCUT2D eigenvalue weighted by molar-refractivity contribution is 6.01. The number of fused-ring (bicyclic) bond motifs is 1. The van der Waals surface area contributed by atoms with Crippen LogP contribution < -0.4 is 4.74 Å². The Morgan fingerprint density at radius 2 is 1.57 bits per heavy atom. The van der Waals surface area contributed by atoms with Gasteiger partial charge in [0.05, 0.1) is 11.6 Å². The number of rotatable bonds is 5. The van der Waals surface area contributed by atoms with E-state index in [1.807, 2.05) is 84.9 Å². The zero-order valence-corrected chi connectivity index (χ0v) is 15.4. The summed E-state index contributed by atoms with van der Waals surface area (Å²) in [5, 5.41) is 12.0. The van der Waals surface area contributed by atoms with Gasteiger partial charge in [-0.1, -0.05) is 84.9 Å². The number of hydrogen-bond acceptors (Lipinski definition) is 2. The first-order valence-electron chi connectivity index (χ1n) is 9.20. The van der Waals surface area contributed by atoms with Gasteiger partial charge in [-0.3, -0.25) is 0 Å². The minimum atomic E-state index is 0.516. The smallest absolute Gasteiger partial charge is 0.120 e. The van der Waals surface area contributed by atoms with Crippen molar-refractivity contribution < 1.29 is 4.74 Å². The fourth-order valence-corrected chi connectivity index (χ4v) is 3.23. The Kier molecular flexibility index (Phi) is 5.17. The average Bonchev–Trinajstić information content (AvgIpc) is 2.77. The third-order valence-corrected chi connectivity index (χ3v) is 4.62. The van der Waals surface area contributed by atoms with Crippen LogP contribution in [0.3, 0.4) is 0 Å². The minimum absolute atomic E-state index is 0.516. The number of allylic oxidation sites excluding steroid dienone is 1. The second-order valence-electron chi connectivity index (χ2n) is 6.54. The van der Waals surface area contributed by atoms with Gasteiger partial charge in [0.1, 0.15) is 12.4 Å². The second-order valence-corrected chi connectivity index (χ2v) is 6.54. The van der Waals surface area contributed by atoms with E-state index in [1.165, 1.54) is 0 Å². The highest BCUT2D eigenvalue weighted by Gasteiger charge is 2.06. The van der Waals surface area contributed by atoms with Gasteiger partial charge in [0.2, 0.25) is 0 Å². The van der Waals surface area contributed by atoms with Crippen LogP contribution in [0.1, 0.15) is 16.7 Å². The lowest BCUT2D eigenvalue weighted by Crippen LogP contribution is -1.95. The molecule has 0 N–H and O–H groups in total. The van der Waals surface area contributed by atoms with E-state index < -0.39 is 0 Å². The van der Waals surface area contributed by atoms with Crippen molar-refractivity contribution in [2.24, 2.45) is 0 Å². The Morgan fingerprint density at radius 3 is 2.43 bits per heavy atom. The molecule has 0 radical (unpaired) electrons. The third-order valence-electron chi connectivity index (χ3n) is 4.62. The lowest BCUT2D eigenvalue weighted by molar-refractivity contribution is 0.306. The molecular weight excluding hydrogens is 342 g/mol. The quantitative estimate of drug-likeness (QED) is 0.301. The van der Waals surface area contributed by atoms with Crippen LogP contribution in [-0.2, 0) is 6.61 Å². The van der Waals surface area contributed by atoms with Crippen molar-refractivity contribution in [2.75, 3.05) is 0 Å². The van der Waals surface area contributed by atoms with Gasteiger partial charge in [0, 0.05) is 5.56 Å². The normalized spacial score (nSPS) is 11.2. The molecule has 0 saturated heterocycles. The molecule has 0 aliphatic heterocycles. The highest BCUT2D eigenvalue weighted by Crippen LogP contribution is 2.27. The summed E-state index contributed by atoms with van der Waals surface area (Å²) in [5.74, 6) is 0.785. The molecule has 0 aliphatic rings. The van der Waals surface area contributed by atoms with Crippen molar-refractivity contribution in [2.45, 2.75) is 6.61 Å². The average molecular weight is 361 g/mol. The zero-order valence-electron chi connectivity index (χ0n) is 15.4. The van der Waals surface area contributed by atoms with Crippen molar-refractivity contribution in [1.29, 1.82) is 5.26 Å². The van der Waals surface area contributed by atoms with Crippen LogP contribution in [-0.4, -0.2) is 0 Å². The van der Waals surface area contributed by atoms with Crippen molar-refractivity contribution in [3.63, 3.8) is 0 Å². The first-order chi connectivity index (χ1) is 13.8. The van der Waals surface area contributed by atoms with Gasteiger partial charge in [0.25, 0.3) is 0 Å². The van der Waals surface area contributed by atoms with E-state index in [9.17, 15) is 5.26 Å². The van der Waals surface area contributed by atoms with Crippen LogP contribution in [0.4, 0.5) is 0 Å². The summed E-state index contributed by atoms with van der Waals surface area (Å²) in [6, 6.07) is 34.4. The van der Waals surface area contributed by atoms with Crippen molar-refractivity contribution >= 4 is 22.4 Å². The molecule has 0 amide bonds. The van der Waals surface area contributed by atoms with E-state index in [0.717, 1.165) is 33.2 Å². The summed E-state index contributed by atoms with van der Waals surface area (Å²) in [4.78, 5) is 0. The molecule has 0 bridgehead atoms. The Hall–Kier alpha value is -3.83. The maximum atomic E-state index is 9.77. The third kappa shape index (κ3) is 3.95. The van der Waals surface area contributed by atoms with Gasteiger partial charge in [-0.25, -0.2) is 0 Å². The minimum Gasteiger partial charge on any atom is -0.489 e. The molecule has 0 atom stereocenters. The first kappa shape index (κ1) is 17.6. The Morgan fingerprint density at radius 1 is 0.821 bits per heavy atom. The molecule has 2 nitrogen and oxygen atoms in total. The lowest BCUT2D eigenvalue weighted by Gasteiger charge is -2.08. The summed E-state index contributed by atoms with van der Waals surface area (Å²) < 4.78 is 5.91. The van der Waals surface area contributed by atoms with Gasteiger partial charge >= 0.3 is 0 Å². The van der Waals surface area contributed by atoms with E-state index in [4.69, 9.17) is 4.74 Å². The van der Waals surface area contributed by atoms with Gasteiger partial charge in [-0.2, -0.15) is 5.26 Å². The molecule has 0 saturated carbocycles. The molecule has 28 heavy (non-hydrogen) atoms. The second kappa shape index (κ2) is 8.24. The van der Waals surface area contributed by atoms with Crippen molar-refractivity contribution in [3.05, 3.63) is 114 Å². The summed E-state index contributed by atoms with van der Waals surface area (Å²) in [5.41, 5.74) is 3.64. The van der Waals surface area contributed by atoms with Crippen LogP contribution in [0.2, 0.25) is 0 Å². The van der Waals surface area contributed by atoms with Gasteiger partial charge < -0.3 is 4.74 Å². The molecule has 2 heteroatoms. The summed E-state index contributed by atoms with van der Waals surface area (Å²) in [7, 11) is 0. The standard InChI is InChI=1S/C26H19NO/c27-18-23(26-15-7-12-22-11-4-5-14-25(22)26)16-21-10-6-13-24(17-21)28-19-20-8-2-1-3-9-20/h1-17H,19H2/b23-16-. The molecule has 0 spiro atoms. The summed E-state index contributed by atoms with van der Waals surface area (Å²) >= 11 is 0. The topological polar surface area (TPSA) is 33.0 Å². The van der Waals surface area contributed by atoms with Crippen LogP contribution in [0.25, 0.3) is 22.4 Å². The predicted molar refractivity (Wildman–Crippen MR) is 115 cm³/mol. The number of hydrogen-bond donors (Lipinski definition) is 0. The molecule has 0 heterocycles. The molecule has 134 valence electrons. The van der Waals surface area contributed by atoms with E-state index in [2.05, 4.69) is 24.3 Å². The molecular formula is C26H19NO. The summed E-state index contributed by atoms with van der Waals surface area (Å²) in [6.07, 6.45) is 1.91. The monoisotopic (exact) mass is 361 g/mol. The Bertz CT molecular complexity index is 1160. The van der Waals surface area contributed by atoms with Crippen LogP contribution in [0.5, 0.6) is 5.75 Å². The van der Waals surface area contributed by atoms with E-state index in [-0.39, 0.29) is 0 Å². The van der Waals surface area contributed by atoms with Crippen LogP contribution in [0, 0.1) is 11.3 Å². The highest BCUT2D eigenvalue weighted by atomic mass is 16.5. The molecule has 0 unspecified atom stereocenters. The molecule has 0 fully saturated rings. The maximum Gasteiger partial charge on any atom is 0.120 e. The van der Waals surface area contributed by atoms with Crippen molar-refractivity contribution in [3.8, 4) is 11.8 Å². The fourth-order valence-electron chi connectivity index (χ4n) is 3.23. The largest absolute Gasteiger partial charge is 0.489 e. The maximum absolute atomic E-state index is 9.77. The van der Waals surface area contributed by atoms with Crippen LogP contribution in [0.15, 0.2) is 97.1 Å². The number of nitriles is 1. The van der Waals surface area contributed by atoms with E-state index >= 15 is 0 Å². The van der Waals surface area contributed by atoms with Gasteiger partial charge in [-0.05, 0) is 40.1 Å². The zero-order chi connectivity index (χ0) is 19.2. The van der Waals surface area contributed by atoms with Gasteiger partial charge in [0.15, 0.2) is 0 Å². The van der Waals surface area contributed by atoms with Crippen LogP contribution >= 0.6 is 0 Å². The number of benzene rings is 4. The van der Waals surface area contributed by atoms with E-state index in [0.29, 0.717) is 12.2 Å². The SMILES string of the molecule is N#C/C(=C/c1cccc(OCc2ccccc2)c1)c1cccc2ccccc12. The molecule has 0 aliphatic carbocycles. The van der Waals surface area contributed by atoms with Gasteiger partial charge in [-0.15, -0.1) is 0 Å². The number of ether oxygens (including phenoxy) is 1.